The fraction of sp³-hybridized carbons (Fsp3) is 0.0204. The van der Waals surface area contributed by atoms with Crippen LogP contribution < -0.4 is 0 Å². The van der Waals surface area contributed by atoms with Crippen LogP contribution in [-0.4, -0.2) is 9.97 Å². The molecule has 2 heterocycles. The molecule has 0 saturated heterocycles. The van der Waals surface area contributed by atoms with Gasteiger partial charge in [0.05, 0.1) is 22.3 Å². The summed E-state index contributed by atoms with van der Waals surface area (Å²) < 4.78 is 0. The summed E-state index contributed by atoms with van der Waals surface area (Å²) in [6, 6.07) is 64.1. The Kier molecular flexibility index (Phi) is 5.91. The highest BCUT2D eigenvalue weighted by atomic mass is 14.7. The van der Waals surface area contributed by atoms with Crippen molar-refractivity contribution in [1.29, 1.82) is 0 Å². The molecule has 236 valence electrons. The van der Waals surface area contributed by atoms with Crippen LogP contribution in [0, 0.1) is 0 Å². The van der Waals surface area contributed by atoms with Gasteiger partial charge in [-0.15, -0.1) is 0 Å². The normalized spacial score (nSPS) is 13.3. The molecular weight excluding hydrogens is 617 g/mol. The molecule has 51 heavy (non-hydrogen) atoms. The van der Waals surface area contributed by atoms with E-state index in [-0.39, 0.29) is 5.41 Å². The predicted molar refractivity (Wildman–Crippen MR) is 210 cm³/mol. The van der Waals surface area contributed by atoms with E-state index >= 15 is 0 Å². The molecule has 0 atom stereocenters. The molecule has 0 saturated carbocycles. The van der Waals surface area contributed by atoms with Gasteiger partial charge in [-0.1, -0.05) is 140 Å². The highest BCUT2D eigenvalue weighted by Gasteiger charge is 2.51. The van der Waals surface area contributed by atoms with Crippen LogP contribution in [0.3, 0.4) is 0 Å². The third-order valence-electron chi connectivity index (χ3n) is 11.1. The van der Waals surface area contributed by atoms with E-state index in [0.717, 1.165) is 39.2 Å². The van der Waals surface area contributed by atoms with E-state index in [1.54, 1.807) is 0 Å². The van der Waals surface area contributed by atoms with E-state index in [1.807, 2.05) is 18.3 Å². The Morgan fingerprint density at radius 2 is 0.961 bits per heavy atom. The molecule has 11 rings (SSSR count). The number of fused-ring (bicyclic) bond motifs is 13. The Hall–Kier alpha value is -6.64. The van der Waals surface area contributed by atoms with Crippen molar-refractivity contribution >= 4 is 21.7 Å². The molecule has 0 amide bonds. The van der Waals surface area contributed by atoms with E-state index < -0.39 is 0 Å². The number of pyridine rings is 2. The lowest BCUT2D eigenvalue weighted by molar-refractivity contribution is 0.795. The highest BCUT2D eigenvalue weighted by molar-refractivity contribution is 6.14. The topological polar surface area (TPSA) is 25.8 Å². The predicted octanol–water partition coefficient (Wildman–Crippen LogP) is 12.1. The third-order valence-corrected chi connectivity index (χ3v) is 11.1. The molecule has 7 aromatic carbocycles. The minimum atomic E-state index is -0.386. The van der Waals surface area contributed by atoms with Crippen LogP contribution in [0.2, 0.25) is 0 Å². The van der Waals surface area contributed by atoms with Gasteiger partial charge in [-0.25, -0.2) is 4.98 Å². The van der Waals surface area contributed by atoms with Crippen LogP contribution in [0.1, 0.15) is 22.3 Å². The van der Waals surface area contributed by atoms with Gasteiger partial charge in [-0.2, -0.15) is 0 Å². The monoisotopic (exact) mass is 646 g/mol. The lowest BCUT2D eigenvalue weighted by Crippen LogP contribution is -2.25. The molecule has 2 aromatic heterocycles. The highest BCUT2D eigenvalue weighted by Crippen LogP contribution is 2.63. The zero-order valence-electron chi connectivity index (χ0n) is 27.7. The van der Waals surface area contributed by atoms with Crippen molar-refractivity contribution in [3.63, 3.8) is 0 Å². The van der Waals surface area contributed by atoms with Gasteiger partial charge in [0, 0.05) is 28.1 Å². The maximum absolute atomic E-state index is 5.36. The average Bonchev–Trinajstić information content (AvgIpc) is 3.67. The average molecular weight is 647 g/mol. The fourth-order valence-electron chi connectivity index (χ4n) is 8.97. The van der Waals surface area contributed by atoms with Crippen molar-refractivity contribution in [1.82, 2.24) is 9.97 Å². The summed E-state index contributed by atoms with van der Waals surface area (Å²) in [5.74, 6) is 0. The number of aromatic nitrogens is 2. The van der Waals surface area contributed by atoms with Crippen LogP contribution in [0.5, 0.6) is 0 Å². The lowest BCUT2D eigenvalue weighted by atomic mass is 9.70. The van der Waals surface area contributed by atoms with Crippen molar-refractivity contribution in [3.8, 4) is 55.9 Å². The van der Waals surface area contributed by atoms with Gasteiger partial charge in [-0.05, 0) is 97.4 Å². The minimum absolute atomic E-state index is 0.386. The van der Waals surface area contributed by atoms with Gasteiger partial charge in [0.2, 0.25) is 0 Å². The van der Waals surface area contributed by atoms with Crippen molar-refractivity contribution < 1.29 is 0 Å². The molecule has 0 aliphatic heterocycles. The van der Waals surface area contributed by atoms with Gasteiger partial charge in [0.1, 0.15) is 0 Å². The first-order valence-corrected chi connectivity index (χ1v) is 17.6. The van der Waals surface area contributed by atoms with Crippen molar-refractivity contribution in [2.24, 2.45) is 0 Å². The molecule has 0 bridgehead atoms. The fourth-order valence-corrected chi connectivity index (χ4v) is 8.97. The summed E-state index contributed by atoms with van der Waals surface area (Å²) in [5.41, 5.74) is 17.8. The molecule has 2 heteroatoms. The van der Waals surface area contributed by atoms with E-state index in [0.29, 0.717) is 0 Å². The summed E-state index contributed by atoms with van der Waals surface area (Å²) in [4.78, 5) is 9.93. The number of rotatable bonds is 3. The van der Waals surface area contributed by atoms with Crippen molar-refractivity contribution in [3.05, 3.63) is 204 Å². The molecule has 0 radical (unpaired) electrons. The van der Waals surface area contributed by atoms with Gasteiger partial charge in [0.25, 0.3) is 0 Å². The van der Waals surface area contributed by atoms with Gasteiger partial charge >= 0.3 is 0 Å². The summed E-state index contributed by atoms with van der Waals surface area (Å²) in [6.07, 6.45) is 1.84. The van der Waals surface area contributed by atoms with Crippen LogP contribution >= 0.6 is 0 Å². The Balaban J connectivity index is 1.14. The second-order valence-electron chi connectivity index (χ2n) is 13.7. The molecule has 0 N–H and O–H groups in total. The number of para-hydroxylation sites is 1. The molecular formula is C49H30N2. The largest absolute Gasteiger partial charge is 0.256 e. The molecule has 1 spiro atoms. The van der Waals surface area contributed by atoms with Gasteiger partial charge in [-0.3, -0.25) is 4.98 Å². The molecule has 9 aromatic rings. The Labute approximate surface area is 296 Å². The second kappa shape index (κ2) is 10.7. The van der Waals surface area contributed by atoms with Crippen LogP contribution in [0.25, 0.3) is 77.6 Å². The Bertz CT molecular complexity index is 2800. The van der Waals surface area contributed by atoms with Gasteiger partial charge in [0.15, 0.2) is 0 Å². The van der Waals surface area contributed by atoms with E-state index in [4.69, 9.17) is 4.98 Å². The van der Waals surface area contributed by atoms with Crippen molar-refractivity contribution in [2.45, 2.75) is 5.41 Å². The lowest BCUT2D eigenvalue weighted by Gasteiger charge is -2.30. The van der Waals surface area contributed by atoms with Gasteiger partial charge < -0.3 is 0 Å². The Morgan fingerprint density at radius 3 is 1.67 bits per heavy atom. The molecule has 2 aliphatic carbocycles. The SMILES string of the molecule is c1ccc(-c2cccc(-c3ccc(-c4nc5ccccc5c5cc6c(cc45)-c4ccccc4C64c5ccccc5-c5ccccc54)cc3)c2)nc1. The molecule has 0 fully saturated rings. The summed E-state index contributed by atoms with van der Waals surface area (Å²) in [5, 5.41) is 3.58. The van der Waals surface area contributed by atoms with E-state index in [2.05, 4.69) is 169 Å². The standard InChI is InChI=1S/C49H30N2/c1-5-18-42-35(14-1)36-15-2-6-19-43(36)49(42)44-20-7-3-16-37(44)40-29-41-39(30-45(40)49)38-17-4-8-22-47(38)51-48(41)32-25-23-31(24-26-32)33-12-11-13-34(28-33)46-21-9-10-27-50-46/h1-30H. The van der Waals surface area contributed by atoms with E-state index in [1.165, 1.54) is 60.7 Å². The Morgan fingerprint density at radius 1 is 0.353 bits per heavy atom. The molecule has 0 unspecified atom stereocenters. The number of hydrogen-bond acceptors (Lipinski definition) is 2. The zero-order chi connectivity index (χ0) is 33.5. The number of nitrogens with zero attached hydrogens (tertiary/aromatic N) is 2. The third kappa shape index (κ3) is 3.93. The van der Waals surface area contributed by atoms with E-state index in [9.17, 15) is 0 Å². The van der Waals surface area contributed by atoms with Crippen LogP contribution in [0.4, 0.5) is 0 Å². The molecule has 2 nitrogen and oxygen atoms in total. The summed E-state index contributed by atoms with van der Waals surface area (Å²) in [6.45, 7) is 0. The minimum Gasteiger partial charge on any atom is -0.256 e. The number of hydrogen-bond donors (Lipinski definition) is 0. The van der Waals surface area contributed by atoms with Crippen LogP contribution in [0.15, 0.2) is 182 Å². The summed E-state index contributed by atoms with van der Waals surface area (Å²) >= 11 is 0. The second-order valence-corrected chi connectivity index (χ2v) is 13.7. The van der Waals surface area contributed by atoms with Crippen molar-refractivity contribution in [2.75, 3.05) is 0 Å². The summed E-state index contributed by atoms with van der Waals surface area (Å²) in [7, 11) is 0. The first-order valence-electron chi connectivity index (χ1n) is 17.6. The molecule has 2 aliphatic rings. The maximum Gasteiger partial charge on any atom is 0.0788 e. The zero-order valence-corrected chi connectivity index (χ0v) is 27.7. The maximum atomic E-state index is 5.36. The first kappa shape index (κ1) is 28.2. The van der Waals surface area contributed by atoms with Crippen LogP contribution in [-0.2, 0) is 5.41 Å². The number of benzene rings is 7. The smallest absolute Gasteiger partial charge is 0.0788 e. The first-order chi connectivity index (χ1) is 25.3. The quantitative estimate of drug-likeness (QED) is 0.179.